The van der Waals surface area contributed by atoms with Crippen LogP contribution in [0, 0.1) is 0 Å². The minimum atomic E-state index is -0.511. The third kappa shape index (κ3) is 8.52. The Morgan fingerprint density at radius 3 is 2.36 bits per heavy atom. The van der Waals surface area contributed by atoms with E-state index >= 15 is 0 Å². The van der Waals surface area contributed by atoms with Gasteiger partial charge in [-0.05, 0) is 26.3 Å². The molecule has 14 heavy (non-hydrogen) atoms. The van der Waals surface area contributed by atoms with Crippen LogP contribution < -0.4 is 5.32 Å². The molecule has 0 saturated heterocycles. The maximum absolute atomic E-state index is 9.98. The summed E-state index contributed by atoms with van der Waals surface area (Å²) in [4.78, 5) is 0. The van der Waals surface area contributed by atoms with Crippen LogP contribution in [0.25, 0.3) is 0 Å². The number of rotatable bonds is 9. The number of nitrogens with one attached hydrogen (secondary N) is 1. The van der Waals surface area contributed by atoms with Crippen LogP contribution >= 0.6 is 0 Å². The van der Waals surface area contributed by atoms with E-state index in [1.165, 1.54) is 19.3 Å². The largest absolute Gasteiger partial charge is 0.389 e. The first kappa shape index (κ1) is 13.9. The third-order valence-corrected chi connectivity index (χ3v) is 2.50. The van der Waals surface area contributed by atoms with Crippen molar-refractivity contribution in [3.63, 3.8) is 0 Å². The van der Waals surface area contributed by atoms with Crippen LogP contribution in [0.1, 0.15) is 59.3 Å². The van der Waals surface area contributed by atoms with Gasteiger partial charge in [0.25, 0.3) is 0 Å². The summed E-state index contributed by atoms with van der Waals surface area (Å²) in [5.74, 6) is 0. The summed E-state index contributed by atoms with van der Waals surface area (Å²) < 4.78 is 0. The Morgan fingerprint density at radius 1 is 1.07 bits per heavy atom. The van der Waals surface area contributed by atoms with E-state index in [0.29, 0.717) is 0 Å². The molecule has 0 amide bonds. The molecule has 0 fully saturated rings. The van der Waals surface area contributed by atoms with Crippen molar-refractivity contribution in [3.8, 4) is 0 Å². The maximum Gasteiger partial charge on any atom is 0.0743 e. The van der Waals surface area contributed by atoms with Crippen molar-refractivity contribution in [1.82, 2.24) is 5.32 Å². The SMILES string of the molecule is CCCCCCC(C)(O)CNCCC. The van der Waals surface area contributed by atoms with Gasteiger partial charge in [0.15, 0.2) is 0 Å². The summed E-state index contributed by atoms with van der Waals surface area (Å²) in [6.07, 6.45) is 7.00. The Balaban J connectivity index is 3.40. The van der Waals surface area contributed by atoms with Crippen LogP contribution in [0.4, 0.5) is 0 Å². The van der Waals surface area contributed by atoms with E-state index in [1.54, 1.807) is 0 Å². The molecule has 0 aromatic heterocycles. The zero-order chi connectivity index (χ0) is 10.9. The maximum atomic E-state index is 9.98. The summed E-state index contributed by atoms with van der Waals surface area (Å²) in [6, 6.07) is 0. The molecule has 2 nitrogen and oxygen atoms in total. The second kappa shape index (κ2) is 8.25. The molecule has 0 spiro atoms. The topological polar surface area (TPSA) is 32.3 Å². The van der Waals surface area contributed by atoms with Crippen molar-refractivity contribution >= 4 is 0 Å². The van der Waals surface area contributed by atoms with Gasteiger partial charge in [-0.25, -0.2) is 0 Å². The fourth-order valence-corrected chi connectivity index (χ4v) is 1.56. The molecule has 0 aromatic rings. The lowest BCUT2D eigenvalue weighted by molar-refractivity contribution is 0.0483. The molecule has 0 heterocycles. The van der Waals surface area contributed by atoms with Crippen molar-refractivity contribution in [2.45, 2.75) is 64.9 Å². The van der Waals surface area contributed by atoms with Gasteiger partial charge in [0.2, 0.25) is 0 Å². The molecule has 86 valence electrons. The molecule has 1 atom stereocenters. The van der Waals surface area contributed by atoms with Crippen molar-refractivity contribution < 1.29 is 5.11 Å². The molecule has 0 saturated carbocycles. The first-order chi connectivity index (χ1) is 6.62. The Hall–Kier alpha value is -0.0800. The summed E-state index contributed by atoms with van der Waals surface area (Å²) in [5, 5.41) is 13.2. The van der Waals surface area contributed by atoms with Crippen LogP contribution in [0.2, 0.25) is 0 Å². The zero-order valence-corrected chi connectivity index (χ0v) is 10.1. The average Bonchev–Trinajstić information content (AvgIpc) is 2.13. The predicted molar refractivity (Wildman–Crippen MR) is 62.5 cm³/mol. The Labute approximate surface area is 89.1 Å². The molecule has 0 bridgehead atoms. The molecular formula is C12H27NO. The lowest BCUT2D eigenvalue weighted by atomic mass is 9.98. The minimum Gasteiger partial charge on any atom is -0.389 e. The van der Waals surface area contributed by atoms with Crippen LogP contribution in [0.15, 0.2) is 0 Å². The zero-order valence-electron chi connectivity index (χ0n) is 10.1. The monoisotopic (exact) mass is 201 g/mol. The summed E-state index contributed by atoms with van der Waals surface area (Å²) in [7, 11) is 0. The van der Waals surface area contributed by atoms with Crippen LogP contribution in [-0.4, -0.2) is 23.8 Å². The van der Waals surface area contributed by atoms with Gasteiger partial charge in [0.1, 0.15) is 0 Å². The first-order valence-electron chi connectivity index (χ1n) is 6.05. The summed E-state index contributed by atoms with van der Waals surface area (Å²) >= 11 is 0. The fourth-order valence-electron chi connectivity index (χ4n) is 1.56. The van der Waals surface area contributed by atoms with Gasteiger partial charge < -0.3 is 10.4 Å². The van der Waals surface area contributed by atoms with Crippen molar-refractivity contribution in [2.24, 2.45) is 0 Å². The van der Waals surface area contributed by atoms with Crippen LogP contribution in [-0.2, 0) is 0 Å². The van der Waals surface area contributed by atoms with Gasteiger partial charge in [0.05, 0.1) is 5.60 Å². The minimum absolute atomic E-state index is 0.511. The molecule has 0 aliphatic carbocycles. The smallest absolute Gasteiger partial charge is 0.0743 e. The van der Waals surface area contributed by atoms with E-state index in [-0.39, 0.29) is 0 Å². The lowest BCUT2D eigenvalue weighted by Crippen LogP contribution is -2.38. The van der Waals surface area contributed by atoms with Crippen molar-refractivity contribution in [2.75, 3.05) is 13.1 Å². The molecule has 0 aliphatic rings. The van der Waals surface area contributed by atoms with E-state index in [1.807, 2.05) is 6.92 Å². The molecule has 0 radical (unpaired) electrons. The normalized spacial score (nSPS) is 15.4. The van der Waals surface area contributed by atoms with Gasteiger partial charge in [-0.2, -0.15) is 0 Å². The van der Waals surface area contributed by atoms with E-state index in [4.69, 9.17) is 0 Å². The van der Waals surface area contributed by atoms with Gasteiger partial charge in [-0.15, -0.1) is 0 Å². The molecule has 2 heteroatoms. The summed E-state index contributed by atoms with van der Waals surface area (Å²) in [5.41, 5.74) is -0.511. The van der Waals surface area contributed by atoms with Crippen molar-refractivity contribution in [1.29, 1.82) is 0 Å². The number of hydrogen-bond donors (Lipinski definition) is 2. The predicted octanol–water partition coefficient (Wildman–Crippen LogP) is 2.71. The molecule has 1 unspecified atom stereocenters. The lowest BCUT2D eigenvalue weighted by Gasteiger charge is -2.23. The standard InChI is InChI=1S/C12H27NO/c1-4-6-7-8-9-12(3,14)11-13-10-5-2/h13-14H,4-11H2,1-3H3. The van der Waals surface area contributed by atoms with Crippen LogP contribution in [0.3, 0.4) is 0 Å². The molecule has 2 N–H and O–H groups in total. The first-order valence-corrected chi connectivity index (χ1v) is 6.05. The highest BCUT2D eigenvalue weighted by Gasteiger charge is 2.18. The highest BCUT2D eigenvalue weighted by atomic mass is 16.3. The highest BCUT2D eigenvalue weighted by Crippen LogP contribution is 2.14. The number of aliphatic hydroxyl groups is 1. The Bertz CT molecular complexity index is 123. The molecular weight excluding hydrogens is 174 g/mol. The molecule has 0 rings (SSSR count). The molecule has 0 aromatic carbocycles. The average molecular weight is 201 g/mol. The number of hydrogen-bond acceptors (Lipinski definition) is 2. The number of unbranched alkanes of at least 4 members (excludes halogenated alkanes) is 3. The second-order valence-electron chi connectivity index (χ2n) is 4.48. The van der Waals surface area contributed by atoms with Gasteiger partial charge in [0, 0.05) is 6.54 Å². The highest BCUT2D eigenvalue weighted by molar-refractivity contribution is 4.75. The van der Waals surface area contributed by atoms with E-state index in [0.717, 1.165) is 32.4 Å². The van der Waals surface area contributed by atoms with Crippen molar-refractivity contribution in [3.05, 3.63) is 0 Å². The fraction of sp³-hybridized carbons (Fsp3) is 1.00. The Morgan fingerprint density at radius 2 is 1.79 bits per heavy atom. The Kier molecular flexibility index (Phi) is 8.20. The third-order valence-electron chi connectivity index (χ3n) is 2.50. The van der Waals surface area contributed by atoms with Gasteiger partial charge in [-0.3, -0.25) is 0 Å². The second-order valence-corrected chi connectivity index (χ2v) is 4.48. The van der Waals surface area contributed by atoms with Crippen LogP contribution in [0.5, 0.6) is 0 Å². The quantitative estimate of drug-likeness (QED) is 0.562. The summed E-state index contributed by atoms with van der Waals surface area (Å²) in [6.45, 7) is 8.02. The van der Waals surface area contributed by atoms with E-state index in [2.05, 4.69) is 19.2 Å². The van der Waals surface area contributed by atoms with E-state index < -0.39 is 5.60 Å². The molecule has 0 aliphatic heterocycles. The van der Waals surface area contributed by atoms with Gasteiger partial charge in [-0.1, -0.05) is 39.5 Å². The van der Waals surface area contributed by atoms with Gasteiger partial charge >= 0.3 is 0 Å². The van der Waals surface area contributed by atoms with E-state index in [9.17, 15) is 5.11 Å².